The molecule has 0 N–H and O–H groups in total. The summed E-state index contributed by atoms with van der Waals surface area (Å²) in [6, 6.07) is 10.9. The zero-order valence-corrected chi connectivity index (χ0v) is 13.5. The maximum absolute atomic E-state index is 13.8. The van der Waals surface area contributed by atoms with E-state index in [0.29, 0.717) is 11.3 Å². The summed E-state index contributed by atoms with van der Waals surface area (Å²) in [6.07, 6.45) is -0.199. The lowest BCUT2D eigenvalue weighted by atomic mass is 10.1. The summed E-state index contributed by atoms with van der Waals surface area (Å²) in [5.41, 5.74) is 0.684. The van der Waals surface area contributed by atoms with Crippen LogP contribution in [0.3, 0.4) is 0 Å². The average Bonchev–Trinajstić information content (AvgIpc) is 2.81. The van der Waals surface area contributed by atoms with E-state index < -0.39 is 28.6 Å². The summed E-state index contributed by atoms with van der Waals surface area (Å²) in [5, 5.41) is 8.91. The van der Waals surface area contributed by atoms with Crippen LogP contribution >= 0.6 is 0 Å². The molecule has 0 bridgehead atoms. The van der Waals surface area contributed by atoms with Crippen LogP contribution in [0.1, 0.15) is 16.7 Å². The van der Waals surface area contributed by atoms with Crippen molar-refractivity contribution < 1.29 is 21.9 Å². The maximum Gasteiger partial charge on any atom is 0.256 e. The fraction of sp³-hybridized carbons (Fsp3) is 0.235. The Balaban J connectivity index is 2.08. The molecule has 0 saturated carbocycles. The van der Waals surface area contributed by atoms with E-state index in [1.54, 1.807) is 18.2 Å². The standard InChI is InChI=1S/C17H13F2NO3S/c1-24(21,22)16-6-5-15(13-8-17(18,19)9-14(13)16)23-12-4-2-3-11(7-12)10-20/h2-7H,8-9H2,1H3. The third kappa shape index (κ3) is 3.10. The van der Waals surface area contributed by atoms with Gasteiger partial charge in [0, 0.05) is 24.7 Å². The van der Waals surface area contributed by atoms with Crippen LogP contribution in [0.4, 0.5) is 8.78 Å². The van der Waals surface area contributed by atoms with Crippen molar-refractivity contribution in [1.29, 1.82) is 5.26 Å². The third-order valence-corrected chi connectivity index (χ3v) is 4.99. The molecule has 1 aliphatic rings. The number of rotatable bonds is 3. The van der Waals surface area contributed by atoms with Crippen molar-refractivity contribution in [3.05, 3.63) is 53.1 Å². The molecule has 1 aliphatic carbocycles. The monoisotopic (exact) mass is 349 g/mol. The lowest BCUT2D eigenvalue weighted by molar-refractivity contribution is 0.0125. The molecule has 0 spiro atoms. The van der Waals surface area contributed by atoms with Crippen LogP contribution in [-0.4, -0.2) is 20.6 Å². The molecule has 2 aromatic carbocycles. The second kappa shape index (κ2) is 5.56. The van der Waals surface area contributed by atoms with Crippen LogP contribution in [0.5, 0.6) is 11.5 Å². The molecule has 0 fully saturated rings. The number of alkyl halides is 2. The summed E-state index contributed by atoms with van der Waals surface area (Å²) in [5.74, 6) is -2.49. The smallest absolute Gasteiger partial charge is 0.256 e. The largest absolute Gasteiger partial charge is 0.457 e. The summed E-state index contributed by atoms with van der Waals surface area (Å²) in [7, 11) is -3.61. The molecule has 0 aromatic heterocycles. The average molecular weight is 349 g/mol. The number of fused-ring (bicyclic) bond motifs is 1. The van der Waals surface area contributed by atoms with Gasteiger partial charge in [0.2, 0.25) is 0 Å². The molecule has 2 aromatic rings. The Bertz CT molecular complexity index is 962. The topological polar surface area (TPSA) is 67.2 Å². The number of sulfone groups is 1. The van der Waals surface area contributed by atoms with Crippen molar-refractivity contribution in [1.82, 2.24) is 0 Å². The first kappa shape index (κ1) is 16.4. The van der Waals surface area contributed by atoms with Crippen LogP contribution in [0.15, 0.2) is 41.3 Å². The van der Waals surface area contributed by atoms with Crippen LogP contribution in [0, 0.1) is 11.3 Å². The van der Waals surface area contributed by atoms with Crippen LogP contribution in [-0.2, 0) is 22.7 Å². The van der Waals surface area contributed by atoms with Gasteiger partial charge in [0.1, 0.15) is 11.5 Å². The van der Waals surface area contributed by atoms with E-state index in [2.05, 4.69) is 0 Å². The van der Waals surface area contributed by atoms with Gasteiger partial charge in [-0.15, -0.1) is 0 Å². The first-order valence-electron chi connectivity index (χ1n) is 7.10. The molecule has 3 rings (SSSR count). The first-order chi connectivity index (χ1) is 11.2. The molecule has 4 nitrogen and oxygen atoms in total. The second-order valence-electron chi connectivity index (χ2n) is 5.74. The predicted molar refractivity (Wildman–Crippen MR) is 83.1 cm³/mol. The first-order valence-corrected chi connectivity index (χ1v) is 8.99. The predicted octanol–water partition coefficient (Wildman–Crippen LogP) is 3.49. The summed E-state index contributed by atoms with van der Waals surface area (Å²) in [4.78, 5) is -0.0900. The zero-order chi connectivity index (χ0) is 17.5. The van der Waals surface area contributed by atoms with Gasteiger partial charge in [0.15, 0.2) is 9.84 Å². The van der Waals surface area contributed by atoms with Crippen molar-refractivity contribution in [3.8, 4) is 17.6 Å². The van der Waals surface area contributed by atoms with Crippen LogP contribution < -0.4 is 4.74 Å². The molecular weight excluding hydrogens is 336 g/mol. The highest BCUT2D eigenvalue weighted by Crippen LogP contribution is 2.43. The van der Waals surface area contributed by atoms with Crippen molar-refractivity contribution in [2.24, 2.45) is 0 Å². The van der Waals surface area contributed by atoms with E-state index in [-0.39, 0.29) is 21.8 Å². The maximum atomic E-state index is 13.8. The van der Waals surface area contributed by atoms with Gasteiger partial charge < -0.3 is 4.74 Å². The Kier molecular flexibility index (Phi) is 3.80. The highest BCUT2D eigenvalue weighted by Gasteiger charge is 2.41. The molecule has 0 amide bonds. The normalized spacial score (nSPS) is 15.6. The Labute approximate surface area is 138 Å². The second-order valence-corrected chi connectivity index (χ2v) is 7.73. The van der Waals surface area contributed by atoms with Crippen LogP contribution in [0.2, 0.25) is 0 Å². The molecule has 124 valence electrons. The fourth-order valence-electron chi connectivity index (χ4n) is 2.82. The summed E-state index contributed by atoms with van der Waals surface area (Å²) in [6.45, 7) is 0. The Hall–Kier alpha value is -2.46. The number of halogens is 2. The van der Waals surface area contributed by atoms with E-state index >= 15 is 0 Å². The van der Waals surface area contributed by atoms with E-state index in [0.717, 1.165) is 6.26 Å². The van der Waals surface area contributed by atoms with Crippen molar-refractivity contribution in [2.45, 2.75) is 23.7 Å². The van der Waals surface area contributed by atoms with E-state index in [1.165, 1.54) is 18.2 Å². The van der Waals surface area contributed by atoms with E-state index in [9.17, 15) is 17.2 Å². The molecule has 0 saturated heterocycles. The minimum Gasteiger partial charge on any atom is -0.457 e. The van der Waals surface area contributed by atoms with Crippen molar-refractivity contribution >= 4 is 9.84 Å². The van der Waals surface area contributed by atoms with Gasteiger partial charge >= 0.3 is 0 Å². The lowest BCUT2D eigenvalue weighted by Gasteiger charge is -2.13. The Morgan fingerprint density at radius 1 is 1.17 bits per heavy atom. The van der Waals surface area contributed by atoms with Gasteiger partial charge in [-0.1, -0.05) is 6.07 Å². The summed E-state index contributed by atoms with van der Waals surface area (Å²) >= 11 is 0. The molecular formula is C17H13F2NO3S. The molecule has 0 atom stereocenters. The number of hydrogen-bond acceptors (Lipinski definition) is 4. The van der Waals surface area contributed by atoms with Gasteiger partial charge in [0.25, 0.3) is 5.92 Å². The molecule has 0 aliphatic heterocycles. The highest BCUT2D eigenvalue weighted by molar-refractivity contribution is 7.90. The molecule has 7 heteroatoms. The van der Waals surface area contributed by atoms with E-state index in [4.69, 9.17) is 10.00 Å². The van der Waals surface area contributed by atoms with Crippen molar-refractivity contribution in [2.75, 3.05) is 6.26 Å². The van der Waals surface area contributed by atoms with Gasteiger partial charge in [0.05, 0.1) is 16.5 Å². The van der Waals surface area contributed by atoms with E-state index in [1.807, 2.05) is 6.07 Å². The molecule has 0 unspecified atom stereocenters. The molecule has 24 heavy (non-hydrogen) atoms. The molecule has 0 radical (unpaired) electrons. The number of nitrogens with zero attached hydrogens (tertiary/aromatic N) is 1. The van der Waals surface area contributed by atoms with Gasteiger partial charge in [-0.3, -0.25) is 0 Å². The lowest BCUT2D eigenvalue weighted by Crippen LogP contribution is -2.15. The number of benzene rings is 2. The van der Waals surface area contributed by atoms with Crippen LogP contribution in [0.25, 0.3) is 0 Å². The van der Waals surface area contributed by atoms with Gasteiger partial charge in [-0.2, -0.15) is 5.26 Å². The SMILES string of the molecule is CS(=O)(=O)c1ccc(Oc2cccc(C#N)c2)c2c1CC(F)(F)C2. The minimum atomic E-state index is -3.61. The highest BCUT2D eigenvalue weighted by atomic mass is 32.2. The van der Waals surface area contributed by atoms with Gasteiger partial charge in [-0.05, 0) is 35.9 Å². The minimum absolute atomic E-state index is 0.0900. The number of ether oxygens (including phenoxy) is 1. The quantitative estimate of drug-likeness (QED) is 0.851. The van der Waals surface area contributed by atoms with Crippen molar-refractivity contribution in [3.63, 3.8) is 0 Å². The van der Waals surface area contributed by atoms with Gasteiger partial charge in [-0.25, -0.2) is 17.2 Å². The zero-order valence-electron chi connectivity index (χ0n) is 12.7. The Morgan fingerprint density at radius 2 is 1.88 bits per heavy atom. The Morgan fingerprint density at radius 3 is 2.54 bits per heavy atom. The summed E-state index contributed by atoms with van der Waals surface area (Å²) < 4.78 is 57.0. The number of nitriles is 1. The molecule has 0 heterocycles. The number of hydrogen-bond donors (Lipinski definition) is 0. The fourth-order valence-corrected chi connectivity index (χ4v) is 3.77. The third-order valence-electron chi connectivity index (χ3n) is 3.81.